The monoisotopic (exact) mass is 916 g/mol. The molecule has 0 aliphatic rings. The summed E-state index contributed by atoms with van der Waals surface area (Å²) in [5, 5.41) is 4.93. The third kappa shape index (κ3) is 7.82. The number of fused-ring (bicyclic) bond motifs is 4. The van der Waals surface area contributed by atoms with Crippen LogP contribution < -0.4 is 4.90 Å². The van der Waals surface area contributed by atoms with Gasteiger partial charge in [-0.2, -0.15) is 0 Å². The Kier molecular flexibility index (Phi) is 10.9. The lowest BCUT2D eigenvalue weighted by Gasteiger charge is -2.31. The second kappa shape index (κ2) is 18.4. The van der Waals surface area contributed by atoms with E-state index >= 15 is 0 Å². The van der Waals surface area contributed by atoms with Gasteiger partial charge in [-0.3, -0.25) is 0 Å². The van der Waals surface area contributed by atoms with E-state index in [1.807, 2.05) is 0 Å². The minimum Gasteiger partial charge on any atom is -0.309 e. The first-order chi connectivity index (χ1) is 35.7. The molecule has 0 N–H and O–H groups in total. The number of anilines is 3. The third-order valence-electron chi connectivity index (χ3n) is 14.1. The fourth-order valence-electron chi connectivity index (χ4n) is 10.8. The fourth-order valence-corrected chi connectivity index (χ4v) is 10.8. The van der Waals surface area contributed by atoms with Gasteiger partial charge in [-0.05, 0) is 139 Å². The molecule has 0 aliphatic carbocycles. The normalized spacial score (nSPS) is 11.3. The van der Waals surface area contributed by atoms with Gasteiger partial charge in [-0.25, -0.2) is 0 Å². The molecule has 0 fully saturated rings. The van der Waals surface area contributed by atoms with Gasteiger partial charge in [0.15, 0.2) is 0 Å². The zero-order valence-corrected chi connectivity index (χ0v) is 39.6. The summed E-state index contributed by atoms with van der Waals surface area (Å²) in [6.45, 7) is 0. The molecule has 338 valence electrons. The van der Waals surface area contributed by atoms with Crippen molar-refractivity contribution in [1.29, 1.82) is 0 Å². The standard InChI is InChI=1S/C70H48N2/c1-5-20-49(21-6-1)55-28-17-31-62(48-55)71(70-64(52-23-7-2-8-24-52)34-18-35-65(70)53-25-9-3-10-26-53)61-42-40-51(41-43-61)57-45-58(56-39-38-50-22-13-14-27-54(50)44-56)47-59(46-57)63-33-19-37-68-69(63)66-32-15-16-36-67(66)72(68)60-29-11-4-12-30-60/h1-48H. The van der Waals surface area contributed by atoms with Crippen molar-refractivity contribution in [1.82, 2.24) is 4.57 Å². The number of nitrogens with zero attached hydrogens (tertiary/aromatic N) is 2. The van der Waals surface area contributed by atoms with Crippen molar-refractivity contribution < 1.29 is 0 Å². The number of aromatic nitrogens is 1. The van der Waals surface area contributed by atoms with Gasteiger partial charge in [0.05, 0.1) is 16.7 Å². The Bertz CT molecular complexity index is 4010. The number of benzene rings is 12. The number of rotatable bonds is 10. The van der Waals surface area contributed by atoms with Gasteiger partial charge in [0.1, 0.15) is 0 Å². The molecule has 0 radical (unpaired) electrons. The van der Waals surface area contributed by atoms with E-state index in [2.05, 4.69) is 301 Å². The van der Waals surface area contributed by atoms with Crippen molar-refractivity contribution >= 4 is 49.6 Å². The zero-order chi connectivity index (χ0) is 47.8. The molecule has 13 aromatic rings. The van der Waals surface area contributed by atoms with E-state index in [-0.39, 0.29) is 0 Å². The predicted molar refractivity (Wildman–Crippen MR) is 306 cm³/mol. The summed E-state index contributed by atoms with van der Waals surface area (Å²) in [6.07, 6.45) is 0. The molecular formula is C70H48N2. The summed E-state index contributed by atoms with van der Waals surface area (Å²) in [5.74, 6) is 0. The molecule has 0 saturated carbocycles. The van der Waals surface area contributed by atoms with Gasteiger partial charge < -0.3 is 9.47 Å². The van der Waals surface area contributed by atoms with Crippen molar-refractivity contribution in [2.75, 3.05) is 4.90 Å². The summed E-state index contributed by atoms with van der Waals surface area (Å²) >= 11 is 0. The molecule has 1 aromatic heterocycles. The molecule has 0 aliphatic heterocycles. The van der Waals surface area contributed by atoms with Crippen molar-refractivity contribution in [3.05, 3.63) is 291 Å². The highest BCUT2D eigenvalue weighted by Gasteiger charge is 2.23. The van der Waals surface area contributed by atoms with Crippen molar-refractivity contribution in [2.45, 2.75) is 0 Å². The molecule has 2 heteroatoms. The minimum atomic E-state index is 1.06. The smallest absolute Gasteiger partial charge is 0.0618 e. The number of hydrogen-bond donors (Lipinski definition) is 0. The van der Waals surface area contributed by atoms with E-state index in [1.165, 1.54) is 60.4 Å². The molecule has 0 bridgehead atoms. The van der Waals surface area contributed by atoms with Crippen molar-refractivity contribution in [3.63, 3.8) is 0 Å². The molecule has 0 unspecified atom stereocenters. The van der Waals surface area contributed by atoms with E-state index in [1.54, 1.807) is 0 Å². The lowest BCUT2D eigenvalue weighted by atomic mass is 9.91. The van der Waals surface area contributed by atoms with Crippen LogP contribution >= 0.6 is 0 Å². The van der Waals surface area contributed by atoms with Crippen molar-refractivity contribution in [3.8, 4) is 72.4 Å². The lowest BCUT2D eigenvalue weighted by Crippen LogP contribution is -2.13. The van der Waals surface area contributed by atoms with E-state index in [9.17, 15) is 0 Å². The van der Waals surface area contributed by atoms with Crippen LogP contribution in [0.4, 0.5) is 17.1 Å². The summed E-state index contributed by atoms with van der Waals surface area (Å²) in [4.78, 5) is 2.46. The molecule has 0 saturated heterocycles. The molecule has 0 spiro atoms. The summed E-state index contributed by atoms with van der Waals surface area (Å²) in [7, 11) is 0. The van der Waals surface area contributed by atoms with E-state index in [0.717, 1.165) is 61.7 Å². The maximum Gasteiger partial charge on any atom is 0.0618 e. The lowest BCUT2D eigenvalue weighted by molar-refractivity contribution is 1.18. The second-order valence-electron chi connectivity index (χ2n) is 18.5. The van der Waals surface area contributed by atoms with Crippen LogP contribution in [0.25, 0.3) is 105 Å². The van der Waals surface area contributed by atoms with E-state index < -0.39 is 0 Å². The molecule has 2 nitrogen and oxygen atoms in total. The van der Waals surface area contributed by atoms with Crippen LogP contribution in [0.2, 0.25) is 0 Å². The Morgan fingerprint density at radius 1 is 0.250 bits per heavy atom. The van der Waals surface area contributed by atoms with Crippen LogP contribution in [0.15, 0.2) is 291 Å². The van der Waals surface area contributed by atoms with Gasteiger partial charge in [-0.15, -0.1) is 0 Å². The third-order valence-corrected chi connectivity index (χ3v) is 14.1. The first kappa shape index (κ1) is 42.6. The molecule has 12 aromatic carbocycles. The molecule has 0 amide bonds. The van der Waals surface area contributed by atoms with Gasteiger partial charge in [-0.1, -0.05) is 218 Å². The Morgan fingerprint density at radius 2 is 0.736 bits per heavy atom. The summed E-state index contributed by atoms with van der Waals surface area (Å²) < 4.78 is 2.40. The quantitative estimate of drug-likeness (QED) is 0.133. The predicted octanol–water partition coefficient (Wildman–Crippen LogP) is 19.4. The molecular weight excluding hydrogens is 869 g/mol. The summed E-state index contributed by atoms with van der Waals surface area (Å²) in [5.41, 5.74) is 20.8. The number of para-hydroxylation sites is 3. The Balaban J connectivity index is 1.01. The van der Waals surface area contributed by atoms with Crippen LogP contribution in [0, 0.1) is 0 Å². The van der Waals surface area contributed by atoms with E-state index in [0.29, 0.717) is 0 Å². The minimum absolute atomic E-state index is 1.06. The SMILES string of the molecule is c1ccc(-c2cccc(N(c3ccc(-c4cc(-c5ccc6ccccc6c5)cc(-c5cccc6c5c5ccccc5n6-c5ccccc5)c4)cc3)c3c(-c4ccccc4)cccc3-c3ccccc3)c2)cc1. The largest absolute Gasteiger partial charge is 0.309 e. The van der Waals surface area contributed by atoms with Gasteiger partial charge >= 0.3 is 0 Å². The van der Waals surface area contributed by atoms with Crippen LogP contribution in [-0.2, 0) is 0 Å². The van der Waals surface area contributed by atoms with Crippen LogP contribution in [-0.4, -0.2) is 4.57 Å². The molecule has 0 atom stereocenters. The van der Waals surface area contributed by atoms with Gasteiger partial charge in [0.2, 0.25) is 0 Å². The van der Waals surface area contributed by atoms with Crippen LogP contribution in [0.1, 0.15) is 0 Å². The molecule has 1 heterocycles. The Morgan fingerprint density at radius 3 is 1.44 bits per heavy atom. The van der Waals surface area contributed by atoms with E-state index in [4.69, 9.17) is 0 Å². The maximum absolute atomic E-state index is 2.46. The second-order valence-corrected chi connectivity index (χ2v) is 18.5. The average Bonchev–Trinajstić information content (AvgIpc) is 3.81. The molecule has 13 rings (SSSR count). The zero-order valence-electron chi connectivity index (χ0n) is 39.6. The Hall–Kier alpha value is -9.50. The number of hydrogen-bond acceptors (Lipinski definition) is 1. The highest BCUT2D eigenvalue weighted by Crippen LogP contribution is 2.48. The highest BCUT2D eigenvalue weighted by atomic mass is 15.1. The van der Waals surface area contributed by atoms with Crippen LogP contribution in [0.3, 0.4) is 0 Å². The van der Waals surface area contributed by atoms with Crippen molar-refractivity contribution in [2.24, 2.45) is 0 Å². The maximum atomic E-state index is 2.46. The average molecular weight is 917 g/mol. The molecule has 72 heavy (non-hydrogen) atoms. The summed E-state index contributed by atoms with van der Waals surface area (Å²) in [6, 6.07) is 106. The highest BCUT2D eigenvalue weighted by molar-refractivity contribution is 6.16. The first-order valence-electron chi connectivity index (χ1n) is 24.7. The van der Waals surface area contributed by atoms with Gasteiger partial charge in [0.25, 0.3) is 0 Å². The first-order valence-corrected chi connectivity index (χ1v) is 24.7. The Labute approximate surface area is 420 Å². The van der Waals surface area contributed by atoms with Crippen LogP contribution in [0.5, 0.6) is 0 Å². The fraction of sp³-hybridized carbons (Fsp3) is 0. The van der Waals surface area contributed by atoms with Gasteiger partial charge in [0, 0.05) is 39.0 Å². The topological polar surface area (TPSA) is 8.17 Å².